The molecular formula is C30H31N3O4S2. The molecule has 0 radical (unpaired) electrons. The van der Waals surface area contributed by atoms with Crippen molar-refractivity contribution >= 4 is 42.6 Å². The molecule has 0 saturated carbocycles. The molecule has 4 aromatic rings. The van der Waals surface area contributed by atoms with Crippen LogP contribution in [0.25, 0.3) is 10.2 Å². The van der Waals surface area contributed by atoms with Gasteiger partial charge in [0.15, 0.2) is 5.13 Å². The van der Waals surface area contributed by atoms with Crippen LogP contribution in [0.3, 0.4) is 0 Å². The molecule has 2 aliphatic heterocycles. The second-order valence-corrected chi connectivity index (χ2v) is 13.3. The third-order valence-electron chi connectivity index (χ3n) is 7.53. The van der Waals surface area contributed by atoms with Crippen LogP contribution in [0.2, 0.25) is 0 Å². The summed E-state index contributed by atoms with van der Waals surface area (Å²) in [5.41, 5.74) is 5.78. The van der Waals surface area contributed by atoms with Crippen molar-refractivity contribution in [3.05, 3.63) is 88.5 Å². The number of sulfonamides is 1. The predicted molar refractivity (Wildman–Crippen MR) is 154 cm³/mol. The largest absolute Gasteiger partial charge is 0.376 e. The molecule has 2 aliphatic rings. The molecular weight excluding hydrogens is 530 g/mol. The fourth-order valence-corrected chi connectivity index (χ4v) is 7.91. The highest BCUT2D eigenvalue weighted by atomic mass is 32.2. The van der Waals surface area contributed by atoms with Gasteiger partial charge in [0.1, 0.15) is 0 Å². The Hall–Kier alpha value is -3.11. The topological polar surface area (TPSA) is 79.8 Å². The Morgan fingerprint density at radius 3 is 2.62 bits per heavy atom. The van der Waals surface area contributed by atoms with Gasteiger partial charge in [-0.25, -0.2) is 13.4 Å². The van der Waals surface area contributed by atoms with Gasteiger partial charge in [-0.3, -0.25) is 9.69 Å². The number of aromatic nitrogens is 1. The standard InChI is InChI=1S/C30H31N3O4S2/c1-20-16-21(2)28-27(17-20)31-30(38-28)33(19-25-8-5-15-37-25)29(34)23-9-11-26(12-10-23)39(35,36)32-14-13-22-6-3-4-7-24(22)18-32/h3-4,6-7,9-12,16-17,25H,5,8,13-15,18-19H2,1-2H3. The van der Waals surface area contributed by atoms with Gasteiger partial charge in [0.25, 0.3) is 5.91 Å². The van der Waals surface area contributed by atoms with Crippen molar-refractivity contribution in [2.75, 3.05) is 24.6 Å². The van der Waals surface area contributed by atoms with E-state index in [0.29, 0.717) is 43.4 Å². The van der Waals surface area contributed by atoms with Crippen molar-refractivity contribution in [2.24, 2.45) is 0 Å². The van der Waals surface area contributed by atoms with Gasteiger partial charge in [-0.1, -0.05) is 41.7 Å². The highest BCUT2D eigenvalue weighted by Gasteiger charge is 2.30. The van der Waals surface area contributed by atoms with E-state index < -0.39 is 10.0 Å². The van der Waals surface area contributed by atoms with Crippen LogP contribution < -0.4 is 4.90 Å². The summed E-state index contributed by atoms with van der Waals surface area (Å²) in [7, 11) is -3.69. The Morgan fingerprint density at radius 1 is 1.10 bits per heavy atom. The number of benzene rings is 3. The Labute approximate surface area is 233 Å². The van der Waals surface area contributed by atoms with Gasteiger partial charge in [-0.2, -0.15) is 4.31 Å². The highest BCUT2D eigenvalue weighted by Crippen LogP contribution is 2.34. The molecule has 1 saturated heterocycles. The number of nitrogens with zero attached hydrogens (tertiary/aromatic N) is 3. The number of ether oxygens (including phenoxy) is 1. The van der Waals surface area contributed by atoms with Crippen LogP contribution in [0.5, 0.6) is 0 Å². The normalized spacial score (nSPS) is 17.8. The number of carbonyl (C=O) groups excluding carboxylic acids is 1. The van der Waals surface area contributed by atoms with Crippen LogP contribution >= 0.6 is 11.3 Å². The first kappa shape index (κ1) is 26.1. The van der Waals surface area contributed by atoms with Gasteiger partial charge >= 0.3 is 0 Å². The van der Waals surface area contributed by atoms with Crippen molar-refractivity contribution in [1.29, 1.82) is 0 Å². The number of anilines is 1. The second-order valence-electron chi connectivity index (χ2n) is 10.4. The third kappa shape index (κ3) is 5.12. The van der Waals surface area contributed by atoms with Crippen molar-refractivity contribution in [3.63, 3.8) is 0 Å². The summed E-state index contributed by atoms with van der Waals surface area (Å²) < 4.78 is 35.3. The minimum atomic E-state index is -3.69. The molecule has 0 bridgehead atoms. The van der Waals surface area contributed by atoms with E-state index >= 15 is 0 Å². The quantitative estimate of drug-likeness (QED) is 0.311. The zero-order valence-electron chi connectivity index (χ0n) is 22.1. The zero-order chi connectivity index (χ0) is 27.1. The molecule has 202 valence electrons. The Kier molecular flexibility index (Phi) is 7.01. The summed E-state index contributed by atoms with van der Waals surface area (Å²) in [5.74, 6) is -0.213. The molecule has 0 aliphatic carbocycles. The van der Waals surface area contributed by atoms with Crippen LogP contribution in [-0.4, -0.2) is 49.4 Å². The summed E-state index contributed by atoms with van der Waals surface area (Å²) in [6.07, 6.45) is 2.50. The fraction of sp³-hybridized carbons (Fsp3) is 0.333. The molecule has 0 N–H and O–H groups in total. The first-order valence-corrected chi connectivity index (χ1v) is 15.5. The van der Waals surface area contributed by atoms with E-state index in [2.05, 4.69) is 19.1 Å². The van der Waals surface area contributed by atoms with E-state index in [1.54, 1.807) is 29.2 Å². The van der Waals surface area contributed by atoms with Gasteiger partial charge in [0, 0.05) is 25.3 Å². The summed E-state index contributed by atoms with van der Waals surface area (Å²) in [5, 5.41) is 0.628. The molecule has 7 nitrogen and oxygen atoms in total. The number of amides is 1. The average molecular weight is 562 g/mol. The molecule has 3 aromatic carbocycles. The summed E-state index contributed by atoms with van der Waals surface area (Å²) in [4.78, 5) is 20.5. The van der Waals surface area contributed by atoms with Gasteiger partial charge in [0.05, 0.1) is 27.8 Å². The number of fused-ring (bicyclic) bond motifs is 2. The van der Waals surface area contributed by atoms with Crippen molar-refractivity contribution < 1.29 is 17.9 Å². The third-order valence-corrected chi connectivity index (χ3v) is 10.6. The molecule has 3 heterocycles. The maximum atomic E-state index is 13.8. The van der Waals surface area contributed by atoms with Crippen LogP contribution in [0.4, 0.5) is 5.13 Å². The number of rotatable bonds is 6. The van der Waals surface area contributed by atoms with Gasteiger partial charge in [0.2, 0.25) is 10.0 Å². The van der Waals surface area contributed by atoms with Gasteiger partial charge in [-0.05, 0) is 85.7 Å². The minimum Gasteiger partial charge on any atom is -0.376 e. The molecule has 1 amide bonds. The lowest BCUT2D eigenvalue weighted by Crippen LogP contribution is -2.37. The van der Waals surface area contributed by atoms with E-state index in [4.69, 9.17) is 9.72 Å². The minimum absolute atomic E-state index is 0.0505. The second kappa shape index (κ2) is 10.5. The number of aryl methyl sites for hydroxylation is 2. The Morgan fingerprint density at radius 2 is 1.87 bits per heavy atom. The number of carbonyl (C=O) groups is 1. The zero-order valence-corrected chi connectivity index (χ0v) is 23.7. The van der Waals surface area contributed by atoms with Crippen molar-refractivity contribution in [2.45, 2.75) is 50.7 Å². The maximum Gasteiger partial charge on any atom is 0.260 e. The molecule has 1 aromatic heterocycles. The smallest absolute Gasteiger partial charge is 0.260 e. The average Bonchev–Trinajstić information content (AvgIpc) is 3.61. The van der Waals surface area contributed by atoms with Gasteiger partial charge in [-0.15, -0.1) is 0 Å². The number of thiazole rings is 1. The van der Waals surface area contributed by atoms with Gasteiger partial charge < -0.3 is 4.74 Å². The first-order chi connectivity index (χ1) is 18.8. The lowest BCUT2D eigenvalue weighted by molar-refractivity contribution is 0.0917. The van der Waals surface area contributed by atoms with E-state index in [1.165, 1.54) is 21.2 Å². The lowest BCUT2D eigenvalue weighted by Gasteiger charge is -2.28. The SMILES string of the molecule is Cc1cc(C)c2sc(N(CC3CCCO3)C(=O)c3ccc(S(=O)(=O)N4CCc5ccccc5C4)cc3)nc2c1. The fourth-order valence-electron chi connectivity index (χ4n) is 5.47. The predicted octanol–water partition coefficient (Wildman–Crippen LogP) is 5.49. The number of hydrogen-bond donors (Lipinski definition) is 0. The summed E-state index contributed by atoms with van der Waals surface area (Å²) in [6.45, 7) is 5.99. The molecule has 0 spiro atoms. The number of hydrogen-bond acceptors (Lipinski definition) is 6. The highest BCUT2D eigenvalue weighted by molar-refractivity contribution is 7.89. The van der Waals surface area contributed by atoms with Crippen molar-refractivity contribution in [1.82, 2.24) is 9.29 Å². The van der Waals surface area contributed by atoms with Crippen LogP contribution in [0, 0.1) is 13.8 Å². The molecule has 1 atom stereocenters. The molecule has 6 rings (SSSR count). The Balaban J connectivity index is 1.28. The van der Waals surface area contributed by atoms with E-state index in [0.717, 1.165) is 39.7 Å². The Bertz CT molecular complexity index is 1640. The van der Waals surface area contributed by atoms with E-state index in [1.807, 2.05) is 31.2 Å². The van der Waals surface area contributed by atoms with Crippen LogP contribution in [-0.2, 0) is 27.7 Å². The molecule has 39 heavy (non-hydrogen) atoms. The van der Waals surface area contributed by atoms with E-state index in [9.17, 15) is 13.2 Å². The van der Waals surface area contributed by atoms with Crippen LogP contribution in [0.15, 0.2) is 65.6 Å². The van der Waals surface area contributed by atoms with Crippen LogP contribution in [0.1, 0.15) is 45.5 Å². The molecule has 9 heteroatoms. The van der Waals surface area contributed by atoms with Crippen molar-refractivity contribution in [3.8, 4) is 0 Å². The maximum absolute atomic E-state index is 13.8. The van der Waals surface area contributed by atoms with E-state index in [-0.39, 0.29) is 16.9 Å². The summed E-state index contributed by atoms with van der Waals surface area (Å²) in [6, 6.07) is 18.4. The lowest BCUT2D eigenvalue weighted by atomic mass is 10.0. The monoisotopic (exact) mass is 561 g/mol. The molecule has 1 unspecified atom stereocenters. The first-order valence-electron chi connectivity index (χ1n) is 13.3. The summed E-state index contributed by atoms with van der Waals surface area (Å²) >= 11 is 1.50. The molecule has 1 fully saturated rings.